The lowest BCUT2D eigenvalue weighted by Crippen LogP contribution is -2.35. The van der Waals surface area contributed by atoms with Crippen LogP contribution < -0.4 is 10.1 Å². The Labute approximate surface area is 171 Å². The molecule has 0 spiro atoms. The number of halogens is 1. The van der Waals surface area contributed by atoms with E-state index in [0.29, 0.717) is 22.9 Å². The molecule has 3 rings (SSSR count). The number of anilines is 1. The van der Waals surface area contributed by atoms with Gasteiger partial charge in [0.2, 0.25) is 0 Å². The highest BCUT2D eigenvalue weighted by molar-refractivity contribution is 6.32. The molecule has 1 saturated heterocycles. The van der Waals surface area contributed by atoms with Crippen molar-refractivity contribution in [2.24, 2.45) is 0 Å². The molecule has 0 unspecified atom stereocenters. The van der Waals surface area contributed by atoms with Gasteiger partial charge in [0.25, 0.3) is 5.91 Å². The topological polar surface area (TPSA) is 50.8 Å². The quantitative estimate of drug-likeness (QED) is 0.655. The number of unbranched alkanes of at least 4 members (excludes halogenated alkanes) is 1. The van der Waals surface area contributed by atoms with E-state index in [9.17, 15) is 4.79 Å². The summed E-state index contributed by atoms with van der Waals surface area (Å²) in [6.07, 6.45) is 1.99. The van der Waals surface area contributed by atoms with Crippen molar-refractivity contribution in [1.29, 1.82) is 0 Å². The van der Waals surface area contributed by atoms with E-state index in [1.807, 2.05) is 24.3 Å². The summed E-state index contributed by atoms with van der Waals surface area (Å²) in [6.45, 7) is 7.08. The lowest BCUT2D eigenvalue weighted by Gasteiger charge is -2.26. The molecule has 6 heteroatoms. The Morgan fingerprint density at radius 2 is 1.93 bits per heavy atom. The standard InChI is InChI=1S/C22H27ClN2O3/c1-2-3-12-28-21-15-18(6-9-20(21)23)22(26)24-19-7-4-17(5-8-19)16-25-10-13-27-14-11-25/h4-9,15H,2-3,10-14,16H2,1H3,(H,24,26). The van der Waals surface area contributed by atoms with Gasteiger partial charge in [0.1, 0.15) is 5.75 Å². The van der Waals surface area contributed by atoms with Crippen molar-refractivity contribution in [3.05, 3.63) is 58.6 Å². The summed E-state index contributed by atoms with van der Waals surface area (Å²) in [7, 11) is 0. The van der Waals surface area contributed by atoms with Crippen molar-refractivity contribution >= 4 is 23.2 Å². The third-order valence-electron chi connectivity index (χ3n) is 4.67. The number of morpholine rings is 1. The van der Waals surface area contributed by atoms with Crippen molar-refractivity contribution in [1.82, 2.24) is 4.90 Å². The van der Waals surface area contributed by atoms with E-state index in [-0.39, 0.29) is 5.91 Å². The number of ether oxygens (including phenoxy) is 2. The molecule has 1 aliphatic heterocycles. The lowest BCUT2D eigenvalue weighted by atomic mass is 10.1. The molecule has 1 N–H and O–H groups in total. The summed E-state index contributed by atoms with van der Waals surface area (Å²) in [5.41, 5.74) is 2.51. The van der Waals surface area contributed by atoms with Gasteiger partial charge in [0.05, 0.1) is 24.8 Å². The number of amides is 1. The van der Waals surface area contributed by atoms with Crippen LogP contribution in [0.2, 0.25) is 5.02 Å². The number of rotatable bonds is 8. The summed E-state index contributed by atoms with van der Waals surface area (Å²) in [6, 6.07) is 13.1. The smallest absolute Gasteiger partial charge is 0.255 e. The van der Waals surface area contributed by atoms with Crippen LogP contribution >= 0.6 is 11.6 Å². The van der Waals surface area contributed by atoms with Crippen molar-refractivity contribution < 1.29 is 14.3 Å². The maximum Gasteiger partial charge on any atom is 0.255 e. The molecule has 5 nitrogen and oxygen atoms in total. The van der Waals surface area contributed by atoms with Gasteiger partial charge in [0, 0.05) is 30.9 Å². The van der Waals surface area contributed by atoms with Gasteiger partial charge < -0.3 is 14.8 Å². The molecule has 1 fully saturated rings. The first-order valence-electron chi connectivity index (χ1n) is 9.78. The monoisotopic (exact) mass is 402 g/mol. The molecule has 150 valence electrons. The third kappa shape index (κ3) is 5.96. The molecular formula is C22H27ClN2O3. The Balaban J connectivity index is 1.58. The normalized spacial score (nSPS) is 14.6. The van der Waals surface area contributed by atoms with Crippen LogP contribution in [0.3, 0.4) is 0 Å². The van der Waals surface area contributed by atoms with Crippen LogP contribution in [0, 0.1) is 0 Å². The first kappa shape index (κ1) is 20.6. The van der Waals surface area contributed by atoms with E-state index < -0.39 is 0 Å². The predicted octanol–water partition coefficient (Wildman–Crippen LogP) is 4.60. The highest BCUT2D eigenvalue weighted by Crippen LogP contribution is 2.26. The Morgan fingerprint density at radius 3 is 2.64 bits per heavy atom. The fourth-order valence-corrected chi connectivity index (χ4v) is 3.17. The van der Waals surface area contributed by atoms with Gasteiger partial charge in [0.15, 0.2) is 0 Å². The predicted molar refractivity (Wildman–Crippen MR) is 112 cm³/mol. The fourth-order valence-electron chi connectivity index (χ4n) is 3.00. The van der Waals surface area contributed by atoms with Crippen LogP contribution in [0.4, 0.5) is 5.69 Å². The van der Waals surface area contributed by atoms with Gasteiger partial charge >= 0.3 is 0 Å². The second-order valence-electron chi connectivity index (χ2n) is 6.89. The molecule has 1 aliphatic rings. The first-order chi connectivity index (χ1) is 13.7. The molecule has 0 atom stereocenters. The molecule has 0 bridgehead atoms. The minimum atomic E-state index is -0.182. The van der Waals surface area contributed by atoms with Crippen LogP contribution in [0.15, 0.2) is 42.5 Å². The Hall–Kier alpha value is -2.08. The van der Waals surface area contributed by atoms with Crippen LogP contribution in [0.25, 0.3) is 0 Å². The number of hydrogen-bond acceptors (Lipinski definition) is 4. The van der Waals surface area contributed by atoms with E-state index in [4.69, 9.17) is 21.1 Å². The van der Waals surface area contributed by atoms with Crippen LogP contribution in [0.5, 0.6) is 5.75 Å². The van der Waals surface area contributed by atoms with Crippen LogP contribution in [-0.2, 0) is 11.3 Å². The van der Waals surface area contributed by atoms with Gasteiger partial charge in [-0.1, -0.05) is 37.1 Å². The molecule has 0 radical (unpaired) electrons. The summed E-state index contributed by atoms with van der Waals surface area (Å²) >= 11 is 6.17. The number of benzene rings is 2. The van der Waals surface area contributed by atoms with Gasteiger partial charge in [-0.05, 0) is 42.3 Å². The third-order valence-corrected chi connectivity index (χ3v) is 4.98. The molecular weight excluding hydrogens is 376 g/mol. The number of nitrogens with one attached hydrogen (secondary N) is 1. The average Bonchev–Trinajstić information content (AvgIpc) is 2.72. The summed E-state index contributed by atoms with van der Waals surface area (Å²) < 4.78 is 11.1. The van der Waals surface area contributed by atoms with Gasteiger partial charge in [-0.2, -0.15) is 0 Å². The lowest BCUT2D eigenvalue weighted by molar-refractivity contribution is 0.0342. The summed E-state index contributed by atoms with van der Waals surface area (Å²) in [4.78, 5) is 14.9. The molecule has 28 heavy (non-hydrogen) atoms. The average molecular weight is 403 g/mol. The largest absolute Gasteiger partial charge is 0.492 e. The first-order valence-corrected chi connectivity index (χ1v) is 10.2. The second-order valence-corrected chi connectivity index (χ2v) is 7.29. The van der Waals surface area contributed by atoms with Gasteiger partial charge in [-0.15, -0.1) is 0 Å². The molecule has 0 aromatic heterocycles. The molecule has 2 aromatic carbocycles. The number of nitrogens with zero attached hydrogens (tertiary/aromatic N) is 1. The highest BCUT2D eigenvalue weighted by Gasteiger charge is 2.12. The summed E-state index contributed by atoms with van der Waals surface area (Å²) in [5, 5.41) is 3.45. The molecule has 1 amide bonds. The van der Waals surface area contributed by atoms with E-state index >= 15 is 0 Å². The Morgan fingerprint density at radius 1 is 1.18 bits per heavy atom. The zero-order chi connectivity index (χ0) is 19.8. The zero-order valence-electron chi connectivity index (χ0n) is 16.2. The molecule has 2 aromatic rings. The minimum Gasteiger partial charge on any atom is -0.492 e. The fraction of sp³-hybridized carbons (Fsp3) is 0.409. The maximum atomic E-state index is 12.6. The molecule has 0 aliphatic carbocycles. The van der Waals surface area contributed by atoms with Crippen LogP contribution in [-0.4, -0.2) is 43.7 Å². The van der Waals surface area contributed by atoms with E-state index in [1.54, 1.807) is 18.2 Å². The summed E-state index contributed by atoms with van der Waals surface area (Å²) in [5.74, 6) is 0.363. The minimum absolute atomic E-state index is 0.182. The highest BCUT2D eigenvalue weighted by atomic mass is 35.5. The number of carbonyl (C=O) groups excluding carboxylic acids is 1. The molecule has 0 saturated carbocycles. The Bertz CT molecular complexity index is 774. The van der Waals surface area contributed by atoms with Crippen molar-refractivity contribution in [2.45, 2.75) is 26.3 Å². The number of hydrogen-bond donors (Lipinski definition) is 1. The van der Waals surface area contributed by atoms with Crippen LogP contribution in [0.1, 0.15) is 35.7 Å². The van der Waals surface area contributed by atoms with Gasteiger partial charge in [-0.25, -0.2) is 0 Å². The van der Waals surface area contributed by atoms with Crippen molar-refractivity contribution in [3.63, 3.8) is 0 Å². The van der Waals surface area contributed by atoms with E-state index in [1.165, 1.54) is 5.56 Å². The maximum absolute atomic E-state index is 12.6. The second kappa shape index (κ2) is 10.5. The van der Waals surface area contributed by atoms with Gasteiger partial charge in [-0.3, -0.25) is 9.69 Å². The molecule has 1 heterocycles. The number of carbonyl (C=O) groups is 1. The Kier molecular flexibility index (Phi) is 7.71. The zero-order valence-corrected chi connectivity index (χ0v) is 17.0. The van der Waals surface area contributed by atoms with Crippen molar-refractivity contribution in [2.75, 3.05) is 38.2 Å². The van der Waals surface area contributed by atoms with E-state index in [0.717, 1.165) is 51.4 Å². The van der Waals surface area contributed by atoms with Crippen molar-refractivity contribution in [3.8, 4) is 5.75 Å². The van der Waals surface area contributed by atoms with E-state index in [2.05, 4.69) is 17.1 Å². The SMILES string of the molecule is CCCCOc1cc(C(=O)Nc2ccc(CN3CCOCC3)cc2)ccc1Cl.